The molecule has 0 aliphatic carbocycles. The number of hydrogen-bond acceptors (Lipinski definition) is 7. The molecule has 0 saturated carbocycles. The predicted octanol–water partition coefficient (Wildman–Crippen LogP) is 24.9. The van der Waals surface area contributed by atoms with Crippen LogP contribution in [0.15, 0.2) is 377 Å². The van der Waals surface area contributed by atoms with Gasteiger partial charge < -0.3 is 44.2 Å². The first-order valence-corrected chi connectivity index (χ1v) is 44.5. The van der Waals surface area contributed by atoms with Crippen LogP contribution in [-0.4, -0.2) is 48.9 Å². The molecule has 22 heteroatoms. The molecule has 0 fully saturated rings. The van der Waals surface area contributed by atoms with E-state index < -0.39 is 12.0 Å². The molecule has 0 N–H and O–H groups in total. The smallest absolute Gasteiger partial charge is 0.429 e. The van der Waals surface area contributed by atoms with E-state index in [0.29, 0.717) is 5.69 Å². The second-order valence-electron chi connectivity index (χ2n) is 34.2. The molecule has 24 aromatic rings. The summed E-state index contributed by atoms with van der Waals surface area (Å²) in [6.07, 6.45) is 1.15. The summed E-state index contributed by atoms with van der Waals surface area (Å²) in [7, 11) is 5.71. The summed E-state index contributed by atoms with van der Waals surface area (Å²) in [5, 5.41) is 33.8. The van der Waals surface area contributed by atoms with Crippen molar-refractivity contribution in [3.63, 3.8) is 0 Å². The summed E-state index contributed by atoms with van der Waals surface area (Å²) < 4.78 is 49.4. The van der Waals surface area contributed by atoms with Crippen LogP contribution in [0.1, 0.15) is 54.7 Å². The third kappa shape index (κ3) is 19.8. The molecule has 16 nitrogen and oxygen atoms in total. The number of hydrogen-bond donors (Lipinski definition) is 0. The van der Waals surface area contributed by atoms with E-state index in [9.17, 15) is 13.2 Å². The zero-order chi connectivity index (χ0) is 93.0. The summed E-state index contributed by atoms with van der Waals surface area (Å²) in [4.78, 5) is 18.4. The summed E-state index contributed by atoms with van der Waals surface area (Å²) >= 11 is 0. The molecule has 0 atom stereocenters. The Morgan fingerprint density at radius 2 is 0.616 bits per heavy atom. The number of halogens is 3. The van der Waals surface area contributed by atoms with Gasteiger partial charge in [0.1, 0.15) is 27.0 Å². The van der Waals surface area contributed by atoms with E-state index in [0.717, 1.165) is 102 Å². The van der Waals surface area contributed by atoms with Gasteiger partial charge in [-0.25, -0.2) is 13.7 Å². The number of alkyl halides is 3. The van der Waals surface area contributed by atoms with E-state index >= 15 is 0 Å². The van der Waals surface area contributed by atoms with Gasteiger partial charge in [-0.3, -0.25) is 20.1 Å². The van der Waals surface area contributed by atoms with E-state index in [2.05, 4.69) is 381 Å². The van der Waals surface area contributed by atoms with Crippen LogP contribution in [0.2, 0.25) is 0 Å². The van der Waals surface area contributed by atoms with Crippen LogP contribution in [0.5, 0.6) is 0 Å². The normalized spacial score (nSPS) is 11.2. The number of fused-ring (bicyclic) bond motifs is 12. The predicted molar refractivity (Wildman–Crippen MR) is 534 cm³/mol. The molecule has 0 aliphatic heterocycles. The molecule has 0 unspecified atom stereocenters. The van der Waals surface area contributed by atoms with Crippen molar-refractivity contribution < 1.29 is 87.2 Å². The topological polar surface area (TPSA) is 159 Å². The number of aryl methyl sites for hydroxylation is 7. The number of aromatic nitrogens is 16. The summed E-state index contributed by atoms with van der Waals surface area (Å²) in [6, 6.07) is 133. The second kappa shape index (κ2) is 41.7. The van der Waals surface area contributed by atoms with E-state index in [-0.39, 0.29) is 71.6 Å². The third-order valence-corrected chi connectivity index (χ3v) is 24.1. The quantitative estimate of drug-likeness (QED) is 0.101. The van der Waals surface area contributed by atoms with Gasteiger partial charge in [-0.2, -0.15) is 13.2 Å². The minimum Gasteiger partial charge on any atom is -0.570 e. The van der Waals surface area contributed by atoms with Gasteiger partial charge in [-0.1, -0.05) is 219 Å². The Hall–Kier alpha value is -15.0. The zero-order valence-electron chi connectivity index (χ0n) is 77.1. The standard InChI is InChI=1S/3C28H19N2.C13H17N3.C10H11N3.C9H7F3N4.3Ir/c3*1-19-18-25(29-24-15-7-5-12-21(19)24)22-14-9-17-27-28(22)23-13-6-8-16-26(23)30(27)20-10-3-2-4-11-20;1-13(2,3)12-9-10(14-15-12)11-7-5-6-8-16(11)4;1-8-7-9(12-11-8)10-5-3-4-6-13(10)2;1-16-5-3-2-4-6(16)7-13-8(15-14-7)9(10,11)12;;;/h3*2-13,15-18H,1H3;5-9H,1-4H3;3-7H,1-2H3;2-5H,1H3;;;/q3*-1;;;;;;. The van der Waals surface area contributed by atoms with Crippen LogP contribution in [0.4, 0.5) is 13.2 Å². The SMILES string of the molecule is C[n+]1ccccc1-c1cc(C(C)(C)C)n[n-]1.C[n+]1ccccc1-c1nc(C(F)(F)F)n[n-]1.Cc1cc(-c2[c-]ccc3c2c2ccccc2n3-c2ccccc2)nc2ccccc12.Cc1cc(-c2[c-]ccc3c2c2ccccc2n3-c2ccccc2)nc2ccccc12.Cc1cc(-c2[c-]ccc3c2c2ccccc2n3-c2ccccc2)nc2ccccc12.Cc1cc(-c2cccc[n+]2C)[n-]n1.[Ir].[Ir].[Ir]. The number of pyridine rings is 6. The fourth-order valence-corrected chi connectivity index (χ4v) is 17.6. The van der Waals surface area contributed by atoms with Gasteiger partial charge in [0.05, 0.1) is 16.6 Å². The van der Waals surface area contributed by atoms with Crippen molar-refractivity contribution in [2.24, 2.45) is 21.1 Å². The van der Waals surface area contributed by atoms with E-state index in [1.54, 1.807) is 36.0 Å². The summed E-state index contributed by atoms with van der Waals surface area (Å²) in [5.41, 5.74) is 29.9. The number of benzene rings is 12. The molecule has 0 bridgehead atoms. The van der Waals surface area contributed by atoms with E-state index in [1.807, 2.05) is 111 Å². The first kappa shape index (κ1) is 96.1. The van der Waals surface area contributed by atoms with Gasteiger partial charge in [-0.05, 0) is 209 Å². The maximum Gasteiger partial charge on any atom is 0.429 e. The Bertz CT molecular complexity index is 7810. The first-order valence-electron chi connectivity index (χ1n) is 44.5. The minimum absolute atomic E-state index is 0. The van der Waals surface area contributed by atoms with Crippen molar-refractivity contribution in [2.75, 3.05) is 0 Å². The van der Waals surface area contributed by atoms with E-state index in [4.69, 9.17) is 15.0 Å². The van der Waals surface area contributed by atoms with Crippen molar-refractivity contribution >= 4 is 98.1 Å². The molecule has 138 heavy (non-hydrogen) atoms. The van der Waals surface area contributed by atoms with Crippen molar-refractivity contribution in [3.05, 3.63) is 429 Å². The number of para-hydroxylation sites is 9. The Labute approximate surface area is 837 Å². The first-order chi connectivity index (χ1) is 65.7. The van der Waals surface area contributed by atoms with Crippen LogP contribution in [0.25, 0.3) is 183 Å². The molecular weight excluding hydrogens is 2250 g/mol. The Morgan fingerprint density at radius 3 is 0.935 bits per heavy atom. The fourth-order valence-electron chi connectivity index (χ4n) is 17.6. The second-order valence-corrected chi connectivity index (χ2v) is 34.2. The Morgan fingerprint density at radius 1 is 0.304 bits per heavy atom. The zero-order valence-corrected chi connectivity index (χ0v) is 84.3. The molecule has 0 spiro atoms. The molecule has 12 aromatic carbocycles. The monoisotopic (exact) mass is 2340 g/mol. The van der Waals surface area contributed by atoms with Crippen LogP contribution >= 0.6 is 0 Å². The van der Waals surface area contributed by atoms with Crippen LogP contribution in [-0.2, 0) is 93.1 Å². The third-order valence-electron chi connectivity index (χ3n) is 24.1. The average molecular weight is 2340 g/mol. The summed E-state index contributed by atoms with van der Waals surface area (Å²) in [6.45, 7) is 14.8. The van der Waals surface area contributed by atoms with Crippen molar-refractivity contribution in [1.82, 2.24) is 64.2 Å². The molecule has 12 aromatic heterocycles. The molecular formula is C116H92F3Ir3N16-3. The maximum absolute atomic E-state index is 12.2. The van der Waals surface area contributed by atoms with Crippen molar-refractivity contribution in [2.45, 2.75) is 60.1 Å². The van der Waals surface area contributed by atoms with Crippen molar-refractivity contribution in [3.8, 4) is 85.1 Å². The van der Waals surface area contributed by atoms with Gasteiger partial charge in [0.15, 0.2) is 30.0 Å². The maximum atomic E-state index is 12.2. The van der Waals surface area contributed by atoms with Crippen LogP contribution in [0, 0.1) is 45.9 Å². The Kier molecular flexibility index (Phi) is 29.1. The van der Waals surface area contributed by atoms with Gasteiger partial charge in [-0.15, -0.1) is 71.3 Å². The summed E-state index contributed by atoms with van der Waals surface area (Å²) in [5.74, 6) is -1.25. The molecule has 24 rings (SSSR count). The molecule has 12 heterocycles. The molecule has 3 radical (unpaired) electrons. The van der Waals surface area contributed by atoms with Gasteiger partial charge >= 0.3 is 6.18 Å². The number of nitrogens with zero attached hydrogens (tertiary/aromatic N) is 16. The van der Waals surface area contributed by atoms with Crippen molar-refractivity contribution in [1.29, 1.82) is 0 Å². The average Bonchev–Trinajstić information content (AvgIpc) is 1.57. The molecule has 687 valence electrons. The largest absolute Gasteiger partial charge is 0.570 e. The van der Waals surface area contributed by atoms with Crippen LogP contribution in [0.3, 0.4) is 0 Å². The van der Waals surface area contributed by atoms with E-state index in [1.165, 1.54) is 98.3 Å². The van der Waals surface area contributed by atoms with Gasteiger partial charge in [0.25, 0.3) is 0 Å². The minimum atomic E-state index is -4.56. The van der Waals surface area contributed by atoms with Crippen LogP contribution < -0.4 is 29.0 Å². The Balaban J connectivity index is 0.000000123. The molecule has 0 amide bonds. The molecule has 0 saturated heterocycles. The molecule has 0 aliphatic rings. The van der Waals surface area contributed by atoms with Gasteiger partial charge in [0, 0.05) is 169 Å². The number of rotatable bonds is 9. The van der Waals surface area contributed by atoms with Gasteiger partial charge in [0.2, 0.25) is 5.69 Å². The fraction of sp³-hybridized carbons (Fsp3) is 0.103.